The first kappa shape index (κ1) is 12.1. The van der Waals surface area contributed by atoms with Crippen molar-refractivity contribution in [3.05, 3.63) is 18.0 Å². The normalized spacial score (nSPS) is 26.2. The van der Waals surface area contributed by atoms with Crippen LogP contribution in [0, 0.1) is 0 Å². The third kappa shape index (κ3) is 2.86. The Kier molecular flexibility index (Phi) is 4.03. The molecule has 16 heavy (non-hydrogen) atoms. The molecule has 0 aliphatic heterocycles. The maximum atomic E-state index is 4.21. The summed E-state index contributed by atoms with van der Waals surface area (Å²) in [5.41, 5.74) is 1.30. The van der Waals surface area contributed by atoms with Crippen molar-refractivity contribution < 1.29 is 0 Å². The highest BCUT2D eigenvalue weighted by Gasteiger charge is 2.26. The summed E-state index contributed by atoms with van der Waals surface area (Å²) in [6, 6.07) is 0.675. The van der Waals surface area contributed by atoms with E-state index in [9.17, 15) is 0 Å². The smallest absolute Gasteiger partial charge is 0.0534 e. The maximum absolute atomic E-state index is 4.21. The fourth-order valence-corrected chi connectivity index (χ4v) is 3.51. The number of aryl methyl sites for hydroxylation is 1. The molecule has 1 fully saturated rings. The quantitative estimate of drug-likeness (QED) is 0.796. The standard InChI is InChI=1S/C12H20BrN3/c1-15(8-10-7-14-16(2)9-10)12-6-4-3-5-11(12)13/h7,9,11-12H,3-6,8H2,1-2H3. The van der Waals surface area contributed by atoms with Gasteiger partial charge < -0.3 is 0 Å². The lowest BCUT2D eigenvalue weighted by atomic mass is 9.94. The number of nitrogens with zero attached hydrogens (tertiary/aromatic N) is 3. The minimum atomic E-state index is 0.655. The van der Waals surface area contributed by atoms with Crippen LogP contribution in [0.3, 0.4) is 0 Å². The van der Waals surface area contributed by atoms with Crippen LogP contribution in [-0.4, -0.2) is 32.6 Å². The highest BCUT2D eigenvalue weighted by molar-refractivity contribution is 9.09. The second kappa shape index (κ2) is 5.32. The zero-order valence-corrected chi connectivity index (χ0v) is 11.7. The number of alkyl halides is 1. The van der Waals surface area contributed by atoms with Crippen LogP contribution in [0.15, 0.2) is 12.4 Å². The Labute approximate surface area is 106 Å². The highest BCUT2D eigenvalue weighted by atomic mass is 79.9. The van der Waals surface area contributed by atoms with E-state index in [4.69, 9.17) is 0 Å². The molecule has 1 aromatic rings. The Bertz CT molecular complexity index is 337. The largest absolute Gasteiger partial charge is 0.298 e. The molecule has 4 heteroatoms. The summed E-state index contributed by atoms with van der Waals surface area (Å²) in [6.45, 7) is 1.00. The van der Waals surface area contributed by atoms with Gasteiger partial charge in [-0.15, -0.1) is 0 Å². The van der Waals surface area contributed by atoms with Crippen LogP contribution in [0.1, 0.15) is 31.2 Å². The maximum Gasteiger partial charge on any atom is 0.0534 e. The molecule has 1 aliphatic rings. The molecule has 1 saturated carbocycles. The van der Waals surface area contributed by atoms with Crippen molar-refractivity contribution in [2.75, 3.05) is 7.05 Å². The van der Waals surface area contributed by atoms with E-state index in [1.807, 2.05) is 17.9 Å². The summed E-state index contributed by atoms with van der Waals surface area (Å²) < 4.78 is 1.87. The molecule has 2 unspecified atom stereocenters. The second-order valence-electron chi connectivity index (χ2n) is 4.81. The molecule has 0 aromatic carbocycles. The van der Waals surface area contributed by atoms with Gasteiger partial charge in [-0.1, -0.05) is 28.8 Å². The second-order valence-corrected chi connectivity index (χ2v) is 5.98. The van der Waals surface area contributed by atoms with Crippen LogP contribution in [0.25, 0.3) is 0 Å². The molecule has 0 saturated heterocycles. The summed E-state index contributed by atoms with van der Waals surface area (Å²) in [5, 5.41) is 4.21. The third-order valence-electron chi connectivity index (χ3n) is 3.40. The monoisotopic (exact) mass is 285 g/mol. The van der Waals surface area contributed by atoms with E-state index in [0.29, 0.717) is 10.9 Å². The van der Waals surface area contributed by atoms with Gasteiger partial charge in [0, 0.05) is 36.2 Å². The molecule has 2 atom stereocenters. The summed E-state index contributed by atoms with van der Waals surface area (Å²) >= 11 is 3.81. The van der Waals surface area contributed by atoms with E-state index in [1.54, 1.807) is 0 Å². The van der Waals surface area contributed by atoms with E-state index >= 15 is 0 Å². The SMILES string of the molecule is CN(Cc1cnn(C)c1)C1CCCCC1Br. The summed E-state index contributed by atoms with van der Waals surface area (Å²) in [6.07, 6.45) is 9.41. The Hall–Kier alpha value is -0.350. The molecule has 0 amide bonds. The van der Waals surface area contributed by atoms with Crippen LogP contribution < -0.4 is 0 Å². The summed E-state index contributed by atoms with van der Waals surface area (Å²) in [4.78, 5) is 3.11. The minimum absolute atomic E-state index is 0.655. The molecule has 1 aromatic heterocycles. The molecule has 1 aliphatic carbocycles. The van der Waals surface area contributed by atoms with Gasteiger partial charge in [0.1, 0.15) is 0 Å². The third-order valence-corrected chi connectivity index (χ3v) is 4.47. The van der Waals surface area contributed by atoms with Crippen LogP contribution in [0.4, 0.5) is 0 Å². The predicted molar refractivity (Wildman–Crippen MR) is 69.6 cm³/mol. The van der Waals surface area contributed by atoms with Crippen molar-refractivity contribution >= 4 is 15.9 Å². The van der Waals surface area contributed by atoms with Gasteiger partial charge in [-0.05, 0) is 19.9 Å². The van der Waals surface area contributed by atoms with Gasteiger partial charge in [0.25, 0.3) is 0 Å². The van der Waals surface area contributed by atoms with Gasteiger partial charge in [-0.2, -0.15) is 5.10 Å². The van der Waals surface area contributed by atoms with E-state index in [2.05, 4.69) is 39.2 Å². The summed E-state index contributed by atoms with van der Waals surface area (Å²) in [5.74, 6) is 0. The van der Waals surface area contributed by atoms with Crippen LogP contribution in [0.2, 0.25) is 0 Å². The van der Waals surface area contributed by atoms with Crippen molar-refractivity contribution in [1.82, 2.24) is 14.7 Å². The molecule has 90 valence electrons. The fourth-order valence-electron chi connectivity index (χ4n) is 2.52. The Balaban J connectivity index is 1.93. The average Bonchev–Trinajstić information content (AvgIpc) is 2.64. The topological polar surface area (TPSA) is 21.1 Å². The van der Waals surface area contributed by atoms with Crippen molar-refractivity contribution in [1.29, 1.82) is 0 Å². The van der Waals surface area contributed by atoms with Crippen molar-refractivity contribution in [3.63, 3.8) is 0 Å². The lowest BCUT2D eigenvalue weighted by Crippen LogP contribution is -2.40. The van der Waals surface area contributed by atoms with Crippen LogP contribution in [-0.2, 0) is 13.6 Å². The van der Waals surface area contributed by atoms with Gasteiger partial charge in [0.15, 0.2) is 0 Å². The molecular formula is C12H20BrN3. The van der Waals surface area contributed by atoms with Gasteiger partial charge in [-0.3, -0.25) is 9.58 Å². The molecule has 0 N–H and O–H groups in total. The van der Waals surface area contributed by atoms with E-state index in [-0.39, 0.29) is 0 Å². The zero-order valence-electron chi connectivity index (χ0n) is 10.1. The lowest BCUT2D eigenvalue weighted by molar-refractivity contribution is 0.193. The van der Waals surface area contributed by atoms with Crippen molar-refractivity contribution in [3.8, 4) is 0 Å². The Morgan fingerprint density at radius 1 is 1.50 bits per heavy atom. The van der Waals surface area contributed by atoms with Crippen molar-refractivity contribution in [2.24, 2.45) is 7.05 Å². The zero-order chi connectivity index (χ0) is 11.5. The van der Waals surface area contributed by atoms with E-state index < -0.39 is 0 Å². The van der Waals surface area contributed by atoms with E-state index in [0.717, 1.165) is 6.54 Å². The first-order chi connectivity index (χ1) is 7.66. The average molecular weight is 286 g/mol. The molecule has 2 rings (SSSR count). The molecule has 0 bridgehead atoms. The number of aromatic nitrogens is 2. The summed E-state index contributed by atoms with van der Waals surface area (Å²) in [7, 11) is 4.19. The fraction of sp³-hybridized carbons (Fsp3) is 0.750. The Morgan fingerprint density at radius 2 is 2.25 bits per heavy atom. The number of rotatable bonds is 3. The predicted octanol–water partition coefficient (Wildman–Crippen LogP) is 2.56. The van der Waals surface area contributed by atoms with E-state index in [1.165, 1.54) is 31.2 Å². The van der Waals surface area contributed by atoms with Gasteiger partial charge in [0.2, 0.25) is 0 Å². The first-order valence-electron chi connectivity index (χ1n) is 5.98. The number of hydrogen-bond donors (Lipinski definition) is 0. The number of halogens is 1. The van der Waals surface area contributed by atoms with Gasteiger partial charge >= 0.3 is 0 Å². The first-order valence-corrected chi connectivity index (χ1v) is 6.90. The highest BCUT2D eigenvalue weighted by Crippen LogP contribution is 2.28. The minimum Gasteiger partial charge on any atom is -0.298 e. The number of hydrogen-bond acceptors (Lipinski definition) is 2. The molecule has 0 spiro atoms. The van der Waals surface area contributed by atoms with Gasteiger partial charge in [0.05, 0.1) is 6.20 Å². The van der Waals surface area contributed by atoms with Gasteiger partial charge in [-0.25, -0.2) is 0 Å². The molecule has 1 heterocycles. The van der Waals surface area contributed by atoms with Crippen molar-refractivity contribution in [2.45, 2.75) is 43.1 Å². The Morgan fingerprint density at radius 3 is 2.88 bits per heavy atom. The van der Waals surface area contributed by atoms with Crippen LogP contribution in [0.5, 0.6) is 0 Å². The molecule has 3 nitrogen and oxygen atoms in total. The molecular weight excluding hydrogens is 266 g/mol. The lowest BCUT2D eigenvalue weighted by Gasteiger charge is -2.34. The van der Waals surface area contributed by atoms with Crippen LogP contribution >= 0.6 is 15.9 Å². The molecule has 0 radical (unpaired) electrons.